The maximum atomic E-state index is 13.3. The highest BCUT2D eigenvalue weighted by Gasteiger charge is 2.35. The smallest absolute Gasteiger partial charge is 0.249 e. The van der Waals surface area contributed by atoms with Crippen molar-refractivity contribution in [3.8, 4) is 5.75 Å². The number of carbonyl (C=O) groups is 2. The first kappa shape index (κ1) is 23.7. The summed E-state index contributed by atoms with van der Waals surface area (Å²) in [5.74, 6) is 6.26. The Morgan fingerprint density at radius 2 is 1.61 bits per heavy atom. The second-order valence-corrected chi connectivity index (χ2v) is 9.15. The highest BCUT2D eigenvalue weighted by molar-refractivity contribution is 6.02. The topological polar surface area (TPSA) is 81.9 Å². The molecular weight excluding hydrogens is 392 g/mol. The lowest BCUT2D eigenvalue weighted by molar-refractivity contribution is -0.147. The number of hydrazine groups is 1. The van der Waals surface area contributed by atoms with Gasteiger partial charge in [0.2, 0.25) is 5.91 Å². The molecule has 6 heteroatoms. The minimum Gasteiger partial charge on any atom is -0.497 e. The Morgan fingerprint density at radius 1 is 1.00 bits per heavy atom. The minimum atomic E-state index is -0.810. The fraction of sp³-hybridized carbons (Fsp3) is 0.680. The third-order valence-corrected chi connectivity index (χ3v) is 6.81. The highest BCUT2D eigenvalue weighted by Crippen LogP contribution is 2.28. The summed E-state index contributed by atoms with van der Waals surface area (Å²) in [7, 11) is 1.61. The number of amides is 1. The fourth-order valence-electron chi connectivity index (χ4n) is 4.86. The molecule has 0 unspecified atom stereocenters. The molecule has 2 fully saturated rings. The molecular formula is C25H38N2O4. The number of ether oxygens (including phenoxy) is 2. The van der Waals surface area contributed by atoms with E-state index < -0.39 is 5.92 Å². The van der Waals surface area contributed by atoms with Crippen LogP contribution in [0.2, 0.25) is 0 Å². The summed E-state index contributed by atoms with van der Waals surface area (Å²) < 4.78 is 11.1. The van der Waals surface area contributed by atoms with Gasteiger partial charge in [-0.1, -0.05) is 50.7 Å². The van der Waals surface area contributed by atoms with Crippen LogP contribution in [0, 0.1) is 17.8 Å². The summed E-state index contributed by atoms with van der Waals surface area (Å²) in [6.45, 7) is 1.02. The lowest BCUT2D eigenvalue weighted by atomic mass is 9.81. The zero-order chi connectivity index (χ0) is 22.1. The average molecular weight is 431 g/mol. The molecule has 0 aliphatic heterocycles. The van der Waals surface area contributed by atoms with Gasteiger partial charge in [0.15, 0.2) is 5.78 Å². The summed E-state index contributed by atoms with van der Waals surface area (Å²) in [6.07, 6.45) is 11.2. The van der Waals surface area contributed by atoms with Crippen LogP contribution in [0.15, 0.2) is 24.3 Å². The molecule has 172 valence electrons. The number of benzene rings is 1. The third-order valence-electron chi connectivity index (χ3n) is 6.81. The van der Waals surface area contributed by atoms with Crippen LogP contribution in [-0.2, 0) is 20.9 Å². The van der Waals surface area contributed by atoms with Gasteiger partial charge in [0.1, 0.15) is 11.7 Å². The molecule has 1 amide bonds. The van der Waals surface area contributed by atoms with E-state index in [4.69, 9.17) is 15.3 Å². The van der Waals surface area contributed by atoms with E-state index in [0.717, 1.165) is 37.0 Å². The number of Topliss-reactive ketones (excluding diaryl/α,β-unsaturated/α-hetero) is 1. The van der Waals surface area contributed by atoms with Crippen LogP contribution in [0.1, 0.15) is 69.8 Å². The molecule has 2 aliphatic rings. The lowest BCUT2D eigenvalue weighted by Gasteiger charge is -2.28. The van der Waals surface area contributed by atoms with Crippen LogP contribution >= 0.6 is 0 Å². The number of nitrogens with zero attached hydrogens (tertiary/aromatic N) is 1. The number of ketones is 1. The van der Waals surface area contributed by atoms with Gasteiger partial charge in [0.05, 0.1) is 20.3 Å². The summed E-state index contributed by atoms with van der Waals surface area (Å²) in [6, 6.07) is 7.43. The van der Waals surface area contributed by atoms with E-state index >= 15 is 0 Å². The quantitative estimate of drug-likeness (QED) is 0.260. The van der Waals surface area contributed by atoms with E-state index in [2.05, 4.69) is 0 Å². The molecule has 1 aromatic rings. The van der Waals surface area contributed by atoms with Crippen molar-refractivity contribution < 1.29 is 19.1 Å². The molecule has 0 saturated heterocycles. The number of methoxy groups -OCH3 is 1. The molecule has 2 saturated carbocycles. The Morgan fingerprint density at radius 3 is 2.23 bits per heavy atom. The van der Waals surface area contributed by atoms with Gasteiger partial charge in [-0.15, -0.1) is 0 Å². The van der Waals surface area contributed by atoms with Gasteiger partial charge in [0.25, 0.3) is 0 Å². The summed E-state index contributed by atoms with van der Waals surface area (Å²) >= 11 is 0. The first-order chi connectivity index (χ1) is 15.1. The number of hydrogen-bond acceptors (Lipinski definition) is 5. The standard InChI is InChI=1S/C25H38N2O4/c1-30-22-14-12-19(13-15-22)16-27(26)25(29)23(24(28)21-10-6-3-7-11-21)18-31-17-20-8-4-2-5-9-20/h12-15,20-21,23H,2-11,16-18,26H2,1H3/t23-/m1/s1. The van der Waals surface area contributed by atoms with Crippen molar-refractivity contribution in [2.45, 2.75) is 70.8 Å². The largest absolute Gasteiger partial charge is 0.497 e. The molecule has 0 bridgehead atoms. The van der Waals surface area contributed by atoms with Gasteiger partial charge in [0, 0.05) is 12.5 Å². The molecule has 31 heavy (non-hydrogen) atoms. The average Bonchev–Trinajstić information content (AvgIpc) is 2.82. The molecule has 0 aromatic heterocycles. The van der Waals surface area contributed by atoms with Gasteiger partial charge in [-0.05, 0) is 49.3 Å². The normalized spacial score (nSPS) is 19.0. The lowest BCUT2D eigenvalue weighted by Crippen LogP contribution is -2.46. The predicted octanol–water partition coefficient (Wildman–Crippen LogP) is 4.26. The van der Waals surface area contributed by atoms with Crippen LogP contribution < -0.4 is 10.6 Å². The summed E-state index contributed by atoms with van der Waals surface area (Å²) in [5, 5.41) is 1.18. The molecule has 6 nitrogen and oxygen atoms in total. The second-order valence-electron chi connectivity index (χ2n) is 9.15. The van der Waals surface area contributed by atoms with E-state index in [9.17, 15) is 9.59 Å². The Labute approximate surface area is 186 Å². The highest BCUT2D eigenvalue weighted by atomic mass is 16.5. The molecule has 0 heterocycles. The molecule has 1 aromatic carbocycles. The molecule has 3 rings (SSSR count). The van der Waals surface area contributed by atoms with Gasteiger partial charge >= 0.3 is 0 Å². The summed E-state index contributed by atoms with van der Waals surface area (Å²) in [4.78, 5) is 26.5. The van der Waals surface area contributed by atoms with Crippen molar-refractivity contribution in [3.63, 3.8) is 0 Å². The SMILES string of the molecule is COc1ccc(CN(N)C(=O)[C@H](COCC2CCCCC2)C(=O)C2CCCCC2)cc1. The molecule has 2 aliphatic carbocycles. The minimum absolute atomic E-state index is 0.0125. The van der Waals surface area contributed by atoms with Crippen LogP contribution in [0.5, 0.6) is 5.75 Å². The van der Waals surface area contributed by atoms with Crippen LogP contribution in [-0.4, -0.2) is 37.0 Å². The van der Waals surface area contributed by atoms with Crippen LogP contribution in [0.25, 0.3) is 0 Å². The molecule has 0 spiro atoms. The Balaban J connectivity index is 1.62. The summed E-state index contributed by atoms with van der Waals surface area (Å²) in [5.41, 5.74) is 0.892. The molecule has 2 N–H and O–H groups in total. The Kier molecular flexibility index (Phi) is 9.34. The second kappa shape index (κ2) is 12.2. The molecule has 1 atom stereocenters. The Hall–Kier alpha value is -1.92. The zero-order valence-corrected chi connectivity index (χ0v) is 18.9. The van der Waals surface area contributed by atoms with E-state index in [1.165, 1.54) is 43.5 Å². The van der Waals surface area contributed by atoms with Crippen molar-refractivity contribution in [2.75, 3.05) is 20.3 Å². The van der Waals surface area contributed by atoms with E-state index in [1.807, 2.05) is 24.3 Å². The van der Waals surface area contributed by atoms with Gasteiger partial charge in [-0.3, -0.25) is 14.6 Å². The number of rotatable bonds is 10. The van der Waals surface area contributed by atoms with Crippen molar-refractivity contribution in [1.82, 2.24) is 5.01 Å². The van der Waals surface area contributed by atoms with Crippen molar-refractivity contribution in [2.24, 2.45) is 23.6 Å². The monoisotopic (exact) mass is 430 g/mol. The van der Waals surface area contributed by atoms with Crippen LogP contribution in [0.3, 0.4) is 0 Å². The number of nitrogens with two attached hydrogens (primary N) is 1. The van der Waals surface area contributed by atoms with Crippen molar-refractivity contribution in [3.05, 3.63) is 29.8 Å². The van der Waals surface area contributed by atoms with Crippen molar-refractivity contribution >= 4 is 11.7 Å². The maximum absolute atomic E-state index is 13.3. The molecule has 0 radical (unpaired) electrons. The Bertz CT molecular complexity index is 694. The predicted molar refractivity (Wildman–Crippen MR) is 120 cm³/mol. The number of carbonyl (C=O) groups excluding carboxylic acids is 2. The van der Waals surface area contributed by atoms with E-state index in [-0.39, 0.29) is 30.8 Å². The fourth-order valence-corrected chi connectivity index (χ4v) is 4.86. The van der Waals surface area contributed by atoms with Gasteiger partial charge in [-0.2, -0.15) is 0 Å². The maximum Gasteiger partial charge on any atom is 0.249 e. The number of hydrogen-bond donors (Lipinski definition) is 1. The van der Waals surface area contributed by atoms with Crippen molar-refractivity contribution in [1.29, 1.82) is 0 Å². The van der Waals surface area contributed by atoms with E-state index in [0.29, 0.717) is 12.5 Å². The van der Waals surface area contributed by atoms with Crippen LogP contribution in [0.4, 0.5) is 0 Å². The third kappa shape index (κ3) is 7.04. The zero-order valence-electron chi connectivity index (χ0n) is 18.9. The first-order valence-electron chi connectivity index (χ1n) is 11.9. The van der Waals surface area contributed by atoms with Gasteiger partial charge in [-0.25, -0.2) is 5.84 Å². The first-order valence-corrected chi connectivity index (χ1v) is 11.9. The van der Waals surface area contributed by atoms with E-state index in [1.54, 1.807) is 7.11 Å². The van der Waals surface area contributed by atoms with Gasteiger partial charge < -0.3 is 9.47 Å².